The summed E-state index contributed by atoms with van der Waals surface area (Å²) in [6.45, 7) is 0.458. The lowest BCUT2D eigenvalue weighted by molar-refractivity contribution is -0.143. The lowest BCUT2D eigenvalue weighted by atomic mass is 9.88. The molecule has 1 aliphatic carbocycles. The van der Waals surface area contributed by atoms with E-state index in [4.69, 9.17) is 15.2 Å². The lowest BCUT2D eigenvalue weighted by Gasteiger charge is -2.23. The molecule has 1 aliphatic heterocycles. The number of rotatable bonds is 2. The summed E-state index contributed by atoms with van der Waals surface area (Å²) in [5.74, 6) is 0.483. The van der Waals surface area contributed by atoms with Gasteiger partial charge >= 0.3 is 5.97 Å². The van der Waals surface area contributed by atoms with E-state index in [1.54, 1.807) is 0 Å². The highest BCUT2D eigenvalue weighted by molar-refractivity contribution is 5.76. The summed E-state index contributed by atoms with van der Waals surface area (Å²) in [5.41, 5.74) is 8.53. The minimum atomic E-state index is -0.444. The number of carbonyl (C=O) groups excluding carboxylic acids is 1. The summed E-state index contributed by atoms with van der Waals surface area (Å²) in [7, 11) is 0. The van der Waals surface area contributed by atoms with Crippen LogP contribution in [-0.2, 0) is 16.0 Å². The molecule has 1 aromatic carbocycles. The molecule has 18 heavy (non-hydrogen) atoms. The quantitative estimate of drug-likeness (QED) is 0.808. The summed E-state index contributed by atoms with van der Waals surface area (Å²) in [6.07, 6.45) is 3.39. The van der Waals surface area contributed by atoms with Crippen molar-refractivity contribution in [2.45, 2.75) is 37.8 Å². The van der Waals surface area contributed by atoms with Gasteiger partial charge in [-0.05, 0) is 42.5 Å². The Hall–Kier alpha value is -1.55. The molecule has 1 aromatic rings. The van der Waals surface area contributed by atoms with Crippen LogP contribution in [-0.4, -0.2) is 18.7 Å². The smallest absolute Gasteiger partial charge is 0.347 e. The second-order valence-electron chi connectivity index (χ2n) is 4.92. The standard InChI is InChI=1S/C14H17NO3/c15-12-3-1-2-9-8-10(4-5-11(9)12)18-13-6-7-17-14(13)16/h4-5,8,12-13H,1-3,6-7,15H2. The van der Waals surface area contributed by atoms with Crippen molar-refractivity contribution in [3.05, 3.63) is 29.3 Å². The molecule has 0 aromatic heterocycles. The summed E-state index contributed by atoms with van der Waals surface area (Å²) >= 11 is 0. The number of nitrogens with two attached hydrogens (primary N) is 1. The number of hydrogen-bond donors (Lipinski definition) is 1. The SMILES string of the molecule is NC1CCCc2cc(OC3CCOC3=O)ccc21. The highest BCUT2D eigenvalue weighted by atomic mass is 16.6. The first-order valence-electron chi connectivity index (χ1n) is 6.46. The molecule has 1 saturated heterocycles. The van der Waals surface area contributed by atoms with Crippen LogP contribution in [0.3, 0.4) is 0 Å². The third-order valence-electron chi connectivity index (χ3n) is 3.64. The van der Waals surface area contributed by atoms with Crippen LogP contribution in [0.25, 0.3) is 0 Å². The lowest BCUT2D eigenvalue weighted by Crippen LogP contribution is -2.22. The molecule has 0 radical (unpaired) electrons. The van der Waals surface area contributed by atoms with Gasteiger partial charge in [-0.1, -0.05) is 6.07 Å². The van der Waals surface area contributed by atoms with E-state index in [0.29, 0.717) is 13.0 Å². The van der Waals surface area contributed by atoms with Gasteiger partial charge in [-0.3, -0.25) is 0 Å². The van der Waals surface area contributed by atoms with Crippen molar-refractivity contribution in [2.75, 3.05) is 6.61 Å². The number of fused-ring (bicyclic) bond motifs is 1. The molecular formula is C14H17NO3. The monoisotopic (exact) mass is 247 g/mol. The Balaban J connectivity index is 1.79. The fourth-order valence-corrected chi connectivity index (χ4v) is 2.65. The van der Waals surface area contributed by atoms with Gasteiger partial charge in [-0.2, -0.15) is 0 Å². The molecule has 3 rings (SSSR count). The molecule has 2 aliphatic rings. The van der Waals surface area contributed by atoms with Crippen LogP contribution in [0.2, 0.25) is 0 Å². The van der Waals surface area contributed by atoms with Gasteiger partial charge in [-0.15, -0.1) is 0 Å². The summed E-state index contributed by atoms with van der Waals surface area (Å²) in [6, 6.07) is 6.07. The van der Waals surface area contributed by atoms with E-state index in [-0.39, 0.29) is 12.0 Å². The maximum Gasteiger partial charge on any atom is 0.347 e. The number of hydrogen-bond acceptors (Lipinski definition) is 4. The maximum atomic E-state index is 11.4. The van der Waals surface area contributed by atoms with Gasteiger partial charge in [0, 0.05) is 12.5 Å². The summed E-state index contributed by atoms with van der Waals surface area (Å²) < 4.78 is 10.6. The first-order valence-corrected chi connectivity index (χ1v) is 6.46. The molecule has 0 bridgehead atoms. The Kier molecular flexibility index (Phi) is 2.96. The predicted octanol–water partition coefficient (Wildman–Crippen LogP) is 1.72. The number of esters is 1. The number of aryl methyl sites for hydroxylation is 1. The maximum absolute atomic E-state index is 11.4. The Bertz CT molecular complexity index is 472. The molecule has 0 spiro atoms. The molecule has 4 nitrogen and oxygen atoms in total. The van der Waals surface area contributed by atoms with E-state index in [9.17, 15) is 4.79 Å². The summed E-state index contributed by atoms with van der Waals surface area (Å²) in [4.78, 5) is 11.4. The van der Waals surface area contributed by atoms with Crippen molar-refractivity contribution in [1.29, 1.82) is 0 Å². The van der Waals surface area contributed by atoms with Crippen LogP contribution in [0, 0.1) is 0 Å². The van der Waals surface area contributed by atoms with E-state index in [0.717, 1.165) is 25.0 Å². The van der Waals surface area contributed by atoms with Crippen LogP contribution >= 0.6 is 0 Å². The van der Waals surface area contributed by atoms with Crippen LogP contribution < -0.4 is 10.5 Å². The van der Waals surface area contributed by atoms with Crippen LogP contribution in [0.15, 0.2) is 18.2 Å². The predicted molar refractivity (Wildman–Crippen MR) is 66.3 cm³/mol. The first kappa shape index (κ1) is 11.5. The third-order valence-corrected chi connectivity index (χ3v) is 3.64. The normalized spacial score (nSPS) is 26.6. The van der Waals surface area contributed by atoms with E-state index in [1.807, 2.05) is 18.2 Å². The average Bonchev–Trinajstić information content (AvgIpc) is 2.75. The van der Waals surface area contributed by atoms with E-state index < -0.39 is 6.10 Å². The number of benzene rings is 1. The second-order valence-corrected chi connectivity index (χ2v) is 4.92. The topological polar surface area (TPSA) is 61.6 Å². The Morgan fingerprint density at radius 3 is 3.00 bits per heavy atom. The molecule has 0 saturated carbocycles. The van der Waals surface area contributed by atoms with Gasteiger partial charge in [0.15, 0.2) is 6.10 Å². The van der Waals surface area contributed by atoms with E-state index >= 15 is 0 Å². The molecule has 0 amide bonds. The molecular weight excluding hydrogens is 230 g/mol. The fraction of sp³-hybridized carbons (Fsp3) is 0.500. The molecule has 1 fully saturated rings. The molecule has 96 valence electrons. The number of ether oxygens (including phenoxy) is 2. The minimum absolute atomic E-state index is 0.138. The number of cyclic esters (lactones) is 1. The Labute approximate surface area is 106 Å². The average molecular weight is 247 g/mol. The van der Waals surface area contributed by atoms with Crippen LogP contribution in [0.5, 0.6) is 5.75 Å². The first-order chi connectivity index (χ1) is 8.74. The highest BCUT2D eigenvalue weighted by Crippen LogP contribution is 2.31. The van der Waals surface area contributed by atoms with Gasteiger partial charge in [0.2, 0.25) is 0 Å². The molecule has 2 atom stereocenters. The largest absolute Gasteiger partial charge is 0.479 e. The Morgan fingerprint density at radius 2 is 2.22 bits per heavy atom. The van der Waals surface area contributed by atoms with Gasteiger partial charge in [0.25, 0.3) is 0 Å². The highest BCUT2D eigenvalue weighted by Gasteiger charge is 2.28. The van der Waals surface area contributed by atoms with Crippen molar-refractivity contribution < 1.29 is 14.3 Å². The van der Waals surface area contributed by atoms with Crippen molar-refractivity contribution >= 4 is 5.97 Å². The zero-order valence-electron chi connectivity index (χ0n) is 10.2. The van der Waals surface area contributed by atoms with Crippen LogP contribution in [0.4, 0.5) is 0 Å². The minimum Gasteiger partial charge on any atom is -0.479 e. The molecule has 2 N–H and O–H groups in total. The fourth-order valence-electron chi connectivity index (χ4n) is 2.65. The number of carbonyl (C=O) groups is 1. The van der Waals surface area contributed by atoms with Gasteiger partial charge < -0.3 is 15.2 Å². The van der Waals surface area contributed by atoms with Crippen molar-refractivity contribution in [3.8, 4) is 5.75 Å². The second kappa shape index (κ2) is 4.61. The van der Waals surface area contributed by atoms with Crippen LogP contribution in [0.1, 0.15) is 36.4 Å². The van der Waals surface area contributed by atoms with Gasteiger partial charge in [0.05, 0.1) is 6.61 Å². The van der Waals surface area contributed by atoms with Crippen molar-refractivity contribution in [3.63, 3.8) is 0 Å². The third kappa shape index (κ3) is 2.08. The van der Waals surface area contributed by atoms with Gasteiger partial charge in [0.1, 0.15) is 5.75 Å². The van der Waals surface area contributed by atoms with Crippen molar-refractivity contribution in [2.24, 2.45) is 5.73 Å². The van der Waals surface area contributed by atoms with Gasteiger partial charge in [-0.25, -0.2) is 4.79 Å². The zero-order valence-corrected chi connectivity index (χ0v) is 10.2. The molecule has 1 heterocycles. The van der Waals surface area contributed by atoms with E-state index in [1.165, 1.54) is 11.1 Å². The van der Waals surface area contributed by atoms with Crippen molar-refractivity contribution in [1.82, 2.24) is 0 Å². The van der Waals surface area contributed by atoms with E-state index in [2.05, 4.69) is 0 Å². The molecule has 2 unspecified atom stereocenters. The zero-order chi connectivity index (χ0) is 12.5. The molecule has 4 heteroatoms. The summed E-state index contributed by atoms with van der Waals surface area (Å²) in [5, 5.41) is 0. The Morgan fingerprint density at radius 1 is 1.33 bits per heavy atom.